The maximum absolute atomic E-state index is 11.6. The molecule has 0 saturated heterocycles. The summed E-state index contributed by atoms with van der Waals surface area (Å²) in [6.07, 6.45) is 2.45. The van der Waals surface area contributed by atoms with Crippen LogP contribution in [0.25, 0.3) is 10.9 Å². The molecular weight excluding hydrogens is 268 g/mol. The first-order chi connectivity index (χ1) is 10.1. The van der Waals surface area contributed by atoms with Gasteiger partial charge in [-0.3, -0.25) is 4.79 Å². The molecule has 2 aromatic rings. The summed E-state index contributed by atoms with van der Waals surface area (Å²) in [6, 6.07) is 3.43. The third-order valence-electron chi connectivity index (χ3n) is 3.21. The van der Waals surface area contributed by atoms with Crippen LogP contribution in [0.4, 0.5) is 11.4 Å². The zero-order valence-electron chi connectivity index (χ0n) is 12.5. The molecule has 21 heavy (non-hydrogen) atoms. The molecule has 0 unspecified atom stereocenters. The van der Waals surface area contributed by atoms with Crippen LogP contribution in [-0.2, 0) is 4.74 Å². The molecule has 114 valence electrons. The quantitative estimate of drug-likeness (QED) is 0.535. The Morgan fingerprint density at radius 1 is 1.38 bits per heavy atom. The molecule has 0 radical (unpaired) electrons. The predicted molar refractivity (Wildman–Crippen MR) is 85.5 cm³/mol. The maximum atomic E-state index is 11.6. The van der Waals surface area contributed by atoms with Crippen LogP contribution >= 0.6 is 0 Å². The average molecular weight is 290 g/mol. The van der Waals surface area contributed by atoms with Crippen molar-refractivity contribution in [1.29, 1.82) is 0 Å². The number of nitrogens with zero attached hydrogens (tertiary/aromatic N) is 1. The number of rotatable bonds is 7. The van der Waals surface area contributed by atoms with Gasteiger partial charge in [0.25, 0.3) is 5.56 Å². The van der Waals surface area contributed by atoms with E-state index in [-0.39, 0.29) is 5.56 Å². The van der Waals surface area contributed by atoms with Gasteiger partial charge >= 0.3 is 0 Å². The smallest absolute Gasteiger partial charge is 0.258 e. The fourth-order valence-electron chi connectivity index (χ4n) is 1.96. The number of fused-ring (bicyclic) bond motifs is 1. The van der Waals surface area contributed by atoms with E-state index in [4.69, 9.17) is 10.5 Å². The van der Waals surface area contributed by atoms with Gasteiger partial charge in [0.2, 0.25) is 0 Å². The standard InChI is InChI=1S/C15H22N4O2/c1-10(2)3-5-21-6-4-17-14-8-13-11(7-12(14)16)15(20)19-9-18-13/h7-10,17H,3-6,16H2,1-2H3,(H,18,19,20). The number of aromatic nitrogens is 2. The number of benzene rings is 1. The Hall–Kier alpha value is -2.08. The van der Waals surface area contributed by atoms with Gasteiger partial charge < -0.3 is 20.8 Å². The summed E-state index contributed by atoms with van der Waals surface area (Å²) in [7, 11) is 0. The first-order valence-corrected chi connectivity index (χ1v) is 7.16. The Morgan fingerprint density at radius 3 is 2.95 bits per heavy atom. The van der Waals surface area contributed by atoms with E-state index in [1.54, 1.807) is 12.1 Å². The van der Waals surface area contributed by atoms with E-state index in [9.17, 15) is 4.79 Å². The monoisotopic (exact) mass is 290 g/mol. The summed E-state index contributed by atoms with van der Waals surface area (Å²) in [5.41, 5.74) is 7.69. The number of aromatic amines is 1. The van der Waals surface area contributed by atoms with Gasteiger partial charge in [-0.05, 0) is 24.5 Å². The van der Waals surface area contributed by atoms with E-state index >= 15 is 0 Å². The molecule has 0 aliphatic heterocycles. The molecule has 0 aliphatic carbocycles. The third kappa shape index (κ3) is 4.19. The number of nitrogen functional groups attached to an aromatic ring is 1. The van der Waals surface area contributed by atoms with Crippen LogP contribution in [0.15, 0.2) is 23.3 Å². The second kappa shape index (κ2) is 7.08. The van der Waals surface area contributed by atoms with Crippen molar-refractivity contribution in [3.05, 3.63) is 28.8 Å². The van der Waals surface area contributed by atoms with E-state index in [1.165, 1.54) is 6.33 Å². The minimum absolute atomic E-state index is 0.185. The summed E-state index contributed by atoms with van der Waals surface area (Å²) in [5, 5.41) is 3.70. The van der Waals surface area contributed by atoms with Gasteiger partial charge in [0.15, 0.2) is 0 Å². The van der Waals surface area contributed by atoms with Gasteiger partial charge in [-0.2, -0.15) is 0 Å². The molecular formula is C15H22N4O2. The van der Waals surface area contributed by atoms with Gasteiger partial charge in [-0.25, -0.2) is 4.98 Å². The number of hydrogen-bond donors (Lipinski definition) is 3. The lowest BCUT2D eigenvalue weighted by atomic mass is 10.1. The van der Waals surface area contributed by atoms with Gasteiger partial charge in [0.1, 0.15) is 0 Å². The van der Waals surface area contributed by atoms with Crippen molar-refractivity contribution in [2.45, 2.75) is 20.3 Å². The van der Waals surface area contributed by atoms with E-state index in [1.807, 2.05) is 0 Å². The molecule has 0 amide bonds. The highest BCUT2D eigenvalue weighted by Crippen LogP contribution is 2.22. The maximum Gasteiger partial charge on any atom is 0.258 e. The van der Waals surface area contributed by atoms with Crippen LogP contribution in [0.5, 0.6) is 0 Å². The van der Waals surface area contributed by atoms with Gasteiger partial charge in [0, 0.05) is 13.2 Å². The fourth-order valence-corrected chi connectivity index (χ4v) is 1.96. The molecule has 0 bridgehead atoms. The lowest BCUT2D eigenvalue weighted by molar-refractivity contribution is 0.133. The van der Waals surface area contributed by atoms with Crippen LogP contribution in [0.2, 0.25) is 0 Å². The Kier molecular flexibility index (Phi) is 5.16. The Labute approximate surface area is 123 Å². The number of nitrogens with two attached hydrogens (primary N) is 1. The molecule has 6 nitrogen and oxygen atoms in total. The van der Waals surface area contributed by atoms with Crippen molar-refractivity contribution < 1.29 is 4.74 Å². The third-order valence-corrected chi connectivity index (χ3v) is 3.21. The number of ether oxygens (including phenoxy) is 1. The zero-order chi connectivity index (χ0) is 15.2. The van der Waals surface area contributed by atoms with Gasteiger partial charge in [-0.1, -0.05) is 13.8 Å². The molecule has 1 heterocycles. The van der Waals surface area contributed by atoms with Crippen LogP contribution in [0.1, 0.15) is 20.3 Å². The minimum atomic E-state index is -0.185. The second-order valence-corrected chi connectivity index (χ2v) is 5.41. The highest BCUT2D eigenvalue weighted by molar-refractivity contribution is 5.88. The van der Waals surface area contributed by atoms with Crippen LogP contribution < -0.4 is 16.6 Å². The molecule has 2 rings (SSSR count). The lowest BCUT2D eigenvalue weighted by Gasteiger charge is -2.11. The van der Waals surface area contributed by atoms with E-state index in [2.05, 4.69) is 29.1 Å². The minimum Gasteiger partial charge on any atom is -0.397 e. The SMILES string of the molecule is CC(C)CCOCCNc1cc2nc[nH]c(=O)c2cc1N. The van der Waals surface area contributed by atoms with Crippen LogP contribution in [0, 0.1) is 5.92 Å². The molecule has 0 atom stereocenters. The second-order valence-electron chi connectivity index (χ2n) is 5.41. The molecule has 1 aromatic heterocycles. The average Bonchev–Trinajstić information content (AvgIpc) is 2.44. The molecule has 4 N–H and O–H groups in total. The predicted octanol–water partition coefficient (Wildman–Crippen LogP) is 1.98. The summed E-state index contributed by atoms with van der Waals surface area (Å²) < 4.78 is 5.54. The molecule has 0 saturated carbocycles. The lowest BCUT2D eigenvalue weighted by Crippen LogP contribution is -2.13. The van der Waals surface area contributed by atoms with E-state index < -0.39 is 0 Å². The Balaban J connectivity index is 1.93. The Morgan fingerprint density at radius 2 is 2.19 bits per heavy atom. The molecule has 0 spiro atoms. The zero-order valence-corrected chi connectivity index (χ0v) is 12.5. The van der Waals surface area contributed by atoms with Crippen LogP contribution in [-0.4, -0.2) is 29.7 Å². The van der Waals surface area contributed by atoms with E-state index in [0.29, 0.717) is 35.7 Å². The van der Waals surface area contributed by atoms with Crippen molar-refractivity contribution in [1.82, 2.24) is 9.97 Å². The van der Waals surface area contributed by atoms with Crippen molar-refractivity contribution in [2.24, 2.45) is 5.92 Å². The molecule has 0 fully saturated rings. The normalized spacial score (nSPS) is 11.2. The van der Waals surface area contributed by atoms with Crippen molar-refractivity contribution in [3.8, 4) is 0 Å². The topological polar surface area (TPSA) is 93.0 Å². The Bertz CT molecular complexity index is 652. The summed E-state index contributed by atoms with van der Waals surface area (Å²) in [4.78, 5) is 18.3. The van der Waals surface area contributed by atoms with E-state index in [0.717, 1.165) is 18.7 Å². The van der Waals surface area contributed by atoms with Crippen molar-refractivity contribution in [2.75, 3.05) is 30.8 Å². The largest absolute Gasteiger partial charge is 0.397 e. The first-order valence-electron chi connectivity index (χ1n) is 7.16. The van der Waals surface area contributed by atoms with Gasteiger partial charge in [0.05, 0.1) is 35.2 Å². The highest BCUT2D eigenvalue weighted by Gasteiger charge is 2.05. The van der Waals surface area contributed by atoms with Crippen molar-refractivity contribution >= 4 is 22.3 Å². The van der Waals surface area contributed by atoms with Crippen molar-refractivity contribution in [3.63, 3.8) is 0 Å². The molecule has 1 aromatic carbocycles. The summed E-state index contributed by atoms with van der Waals surface area (Å²) >= 11 is 0. The molecule has 6 heteroatoms. The summed E-state index contributed by atoms with van der Waals surface area (Å²) in [6.45, 7) is 6.39. The first kappa shape index (κ1) is 15.3. The van der Waals surface area contributed by atoms with Crippen LogP contribution in [0.3, 0.4) is 0 Å². The highest BCUT2D eigenvalue weighted by atomic mass is 16.5. The number of anilines is 2. The molecule has 0 aliphatic rings. The number of hydrogen-bond acceptors (Lipinski definition) is 5. The number of H-pyrrole nitrogens is 1. The summed E-state index contributed by atoms with van der Waals surface area (Å²) in [5.74, 6) is 0.651. The van der Waals surface area contributed by atoms with Gasteiger partial charge in [-0.15, -0.1) is 0 Å². The number of nitrogens with one attached hydrogen (secondary N) is 2. The fraction of sp³-hybridized carbons (Fsp3) is 0.467.